The Bertz CT molecular complexity index is 445. The Hall–Kier alpha value is -1.43. The molecule has 1 fully saturated rings. The van der Waals surface area contributed by atoms with Crippen LogP contribution in [0, 0.1) is 0 Å². The molecule has 0 bridgehead atoms. The number of anilines is 2. The summed E-state index contributed by atoms with van der Waals surface area (Å²) in [6, 6.07) is 3.77. The molecule has 0 saturated carbocycles. The summed E-state index contributed by atoms with van der Waals surface area (Å²) in [6.45, 7) is 3.28. The van der Waals surface area contributed by atoms with E-state index in [1.54, 1.807) is 6.07 Å². The predicted octanol–water partition coefficient (Wildman–Crippen LogP) is 2.43. The average Bonchev–Trinajstić information content (AvgIpc) is 2.52. The standard InChI is InChI=1S/C13H18F3N3/c1-18-3-2-4-19(6-5-18)12-8-10(13(14,15)16)7-11(17)9-12/h7-9H,2-6,17H2,1H3. The minimum atomic E-state index is -4.35. The molecule has 1 aliphatic rings. The van der Waals surface area contributed by atoms with Crippen molar-refractivity contribution < 1.29 is 13.2 Å². The van der Waals surface area contributed by atoms with Crippen LogP contribution < -0.4 is 10.6 Å². The predicted molar refractivity (Wildman–Crippen MR) is 70.2 cm³/mol. The number of halogens is 3. The molecule has 2 rings (SSSR count). The number of hydrogen-bond donors (Lipinski definition) is 1. The van der Waals surface area contributed by atoms with E-state index < -0.39 is 11.7 Å². The second-order valence-corrected chi connectivity index (χ2v) is 4.95. The van der Waals surface area contributed by atoms with Gasteiger partial charge in [-0.05, 0) is 38.2 Å². The Labute approximate surface area is 110 Å². The van der Waals surface area contributed by atoms with Crippen LogP contribution in [0.3, 0.4) is 0 Å². The summed E-state index contributed by atoms with van der Waals surface area (Å²) in [5, 5.41) is 0. The van der Waals surface area contributed by atoms with E-state index in [0.717, 1.165) is 38.7 Å². The van der Waals surface area contributed by atoms with Crippen molar-refractivity contribution >= 4 is 11.4 Å². The lowest BCUT2D eigenvalue weighted by Crippen LogP contribution is -2.29. The molecule has 1 aromatic rings. The molecule has 0 amide bonds. The molecule has 0 spiro atoms. The van der Waals surface area contributed by atoms with Crippen LogP contribution in [0.4, 0.5) is 24.5 Å². The van der Waals surface area contributed by atoms with Crippen LogP contribution in [-0.4, -0.2) is 38.1 Å². The summed E-state index contributed by atoms with van der Waals surface area (Å²) < 4.78 is 38.3. The number of benzene rings is 1. The molecular formula is C13H18F3N3. The van der Waals surface area contributed by atoms with Gasteiger partial charge in [0.2, 0.25) is 0 Å². The molecule has 0 atom stereocenters. The van der Waals surface area contributed by atoms with Crippen LogP contribution in [0.2, 0.25) is 0 Å². The summed E-state index contributed by atoms with van der Waals surface area (Å²) in [4.78, 5) is 4.14. The van der Waals surface area contributed by atoms with Crippen LogP contribution in [0.1, 0.15) is 12.0 Å². The van der Waals surface area contributed by atoms with E-state index in [1.807, 2.05) is 11.9 Å². The number of hydrogen-bond acceptors (Lipinski definition) is 3. The molecule has 0 unspecified atom stereocenters. The van der Waals surface area contributed by atoms with Gasteiger partial charge >= 0.3 is 6.18 Å². The largest absolute Gasteiger partial charge is 0.416 e. The second kappa shape index (κ2) is 5.28. The van der Waals surface area contributed by atoms with Crippen LogP contribution in [-0.2, 0) is 6.18 Å². The molecule has 0 radical (unpaired) electrons. The number of likely N-dealkylation sites (N-methyl/N-ethyl adjacent to an activating group) is 1. The Morgan fingerprint density at radius 3 is 2.47 bits per heavy atom. The number of alkyl halides is 3. The zero-order valence-electron chi connectivity index (χ0n) is 10.9. The maximum absolute atomic E-state index is 12.8. The van der Waals surface area contributed by atoms with Gasteiger partial charge in [0, 0.05) is 31.0 Å². The topological polar surface area (TPSA) is 32.5 Å². The van der Waals surface area contributed by atoms with Gasteiger partial charge < -0.3 is 15.5 Å². The fourth-order valence-corrected chi connectivity index (χ4v) is 2.29. The van der Waals surface area contributed by atoms with E-state index in [1.165, 1.54) is 6.07 Å². The zero-order chi connectivity index (χ0) is 14.0. The molecule has 1 aliphatic heterocycles. The van der Waals surface area contributed by atoms with Crippen molar-refractivity contribution in [2.75, 3.05) is 43.9 Å². The lowest BCUT2D eigenvalue weighted by Gasteiger charge is -2.24. The van der Waals surface area contributed by atoms with Gasteiger partial charge in [-0.25, -0.2) is 0 Å². The smallest absolute Gasteiger partial charge is 0.399 e. The molecule has 0 aliphatic carbocycles. The van der Waals surface area contributed by atoms with Gasteiger partial charge in [0.25, 0.3) is 0 Å². The highest BCUT2D eigenvalue weighted by atomic mass is 19.4. The summed E-state index contributed by atoms with van der Waals surface area (Å²) in [5.41, 5.74) is 5.62. The maximum atomic E-state index is 12.8. The highest BCUT2D eigenvalue weighted by Crippen LogP contribution is 2.33. The molecule has 1 saturated heterocycles. The van der Waals surface area contributed by atoms with E-state index in [2.05, 4.69) is 4.90 Å². The lowest BCUT2D eigenvalue weighted by molar-refractivity contribution is -0.137. The quantitative estimate of drug-likeness (QED) is 0.798. The highest BCUT2D eigenvalue weighted by molar-refractivity contribution is 5.59. The van der Waals surface area contributed by atoms with Crippen molar-refractivity contribution in [3.63, 3.8) is 0 Å². The van der Waals surface area contributed by atoms with Crippen molar-refractivity contribution in [3.8, 4) is 0 Å². The van der Waals surface area contributed by atoms with Gasteiger partial charge in [-0.3, -0.25) is 0 Å². The van der Waals surface area contributed by atoms with Crippen molar-refractivity contribution in [3.05, 3.63) is 23.8 Å². The first kappa shape index (κ1) is 14.0. The monoisotopic (exact) mass is 273 g/mol. The summed E-state index contributed by atoms with van der Waals surface area (Å²) in [5.74, 6) is 0. The summed E-state index contributed by atoms with van der Waals surface area (Å²) in [7, 11) is 2.02. The van der Waals surface area contributed by atoms with Crippen LogP contribution >= 0.6 is 0 Å². The Morgan fingerprint density at radius 2 is 1.79 bits per heavy atom. The lowest BCUT2D eigenvalue weighted by atomic mass is 10.1. The molecule has 19 heavy (non-hydrogen) atoms. The third-order valence-corrected chi connectivity index (χ3v) is 3.35. The minimum Gasteiger partial charge on any atom is -0.399 e. The third kappa shape index (κ3) is 3.53. The van der Waals surface area contributed by atoms with E-state index >= 15 is 0 Å². The van der Waals surface area contributed by atoms with E-state index in [4.69, 9.17) is 5.73 Å². The van der Waals surface area contributed by atoms with Crippen LogP contribution in [0.5, 0.6) is 0 Å². The maximum Gasteiger partial charge on any atom is 0.416 e. The number of nitrogens with two attached hydrogens (primary N) is 1. The summed E-state index contributed by atoms with van der Waals surface area (Å²) >= 11 is 0. The SMILES string of the molecule is CN1CCCN(c2cc(N)cc(C(F)(F)F)c2)CC1. The second-order valence-electron chi connectivity index (χ2n) is 4.95. The van der Waals surface area contributed by atoms with Gasteiger partial charge in [-0.15, -0.1) is 0 Å². The van der Waals surface area contributed by atoms with E-state index in [-0.39, 0.29) is 5.69 Å². The van der Waals surface area contributed by atoms with Gasteiger partial charge in [0.15, 0.2) is 0 Å². The zero-order valence-corrected chi connectivity index (χ0v) is 10.9. The first-order valence-electron chi connectivity index (χ1n) is 6.27. The minimum absolute atomic E-state index is 0.155. The van der Waals surface area contributed by atoms with Crippen LogP contribution in [0.15, 0.2) is 18.2 Å². The van der Waals surface area contributed by atoms with Crippen molar-refractivity contribution in [1.29, 1.82) is 0 Å². The van der Waals surface area contributed by atoms with Crippen molar-refractivity contribution in [1.82, 2.24) is 4.90 Å². The molecule has 1 aromatic carbocycles. The highest BCUT2D eigenvalue weighted by Gasteiger charge is 2.31. The molecule has 0 aromatic heterocycles. The molecule has 106 valence electrons. The molecule has 6 heteroatoms. The van der Waals surface area contributed by atoms with E-state index in [0.29, 0.717) is 5.69 Å². The van der Waals surface area contributed by atoms with Gasteiger partial charge in [-0.2, -0.15) is 13.2 Å². The normalized spacial score (nSPS) is 18.4. The van der Waals surface area contributed by atoms with E-state index in [9.17, 15) is 13.2 Å². The molecule has 3 nitrogen and oxygen atoms in total. The Morgan fingerprint density at radius 1 is 1.05 bits per heavy atom. The first-order chi connectivity index (χ1) is 8.86. The Kier molecular flexibility index (Phi) is 3.89. The first-order valence-corrected chi connectivity index (χ1v) is 6.27. The number of nitrogen functional groups attached to an aromatic ring is 1. The molecule has 1 heterocycles. The Balaban J connectivity index is 2.26. The van der Waals surface area contributed by atoms with Crippen molar-refractivity contribution in [2.24, 2.45) is 0 Å². The fraction of sp³-hybridized carbons (Fsp3) is 0.538. The molecule has 2 N–H and O–H groups in total. The van der Waals surface area contributed by atoms with Crippen LogP contribution in [0.25, 0.3) is 0 Å². The summed E-state index contributed by atoms with van der Waals surface area (Å²) in [6.07, 6.45) is -3.42. The fourth-order valence-electron chi connectivity index (χ4n) is 2.29. The number of rotatable bonds is 1. The van der Waals surface area contributed by atoms with Gasteiger partial charge in [0.05, 0.1) is 5.56 Å². The van der Waals surface area contributed by atoms with Gasteiger partial charge in [0.1, 0.15) is 0 Å². The third-order valence-electron chi connectivity index (χ3n) is 3.35. The van der Waals surface area contributed by atoms with Gasteiger partial charge in [-0.1, -0.05) is 0 Å². The average molecular weight is 273 g/mol. The molecular weight excluding hydrogens is 255 g/mol. The van der Waals surface area contributed by atoms with Crippen molar-refractivity contribution in [2.45, 2.75) is 12.6 Å². The number of nitrogens with zero attached hydrogens (tertiary/aromatic N) is 2.